The maximum Gasteiger partial charge on any atom is 0.247 e. The molecule has 0 N–H and O–H groups in total. The van der Waals surface area contributed by atoms with Crippen LogP contribution in [0.3, 0.4) is 0 Å². The van der Waals surface area contributed by atoms with E-state index in [4.69, 9.17) is 0 Å². The molecule has 0 unspecified atom stereocenters. The number of amides is 1. The van der Waals surface area contributed by atoms with Gasteiger partial charge in [-0.05, 0) is 33.6 Å². The molecule has 2 atom stereocenters. The van der Waals surface area contributed by atoms with Gasteiger partial charge in [0.25, 0.3) is 0 Å². The fraction of sp³-hybridized carbons (Fsp3) is 0.600. The Hall–Kier alpha value is -2.18. The molecule has 118 valence electrons. The van der Waals surface area contributed by atoms with Gasteiger partial charge in [-0.25, -0.2) is 9.67 Å². The van der Waals surface area contributed by atoms with Crippen LogP contribution in [0.25, 0.3) is 0 Å². The third-order valence-corrected chi connectivity index (χ3v) is 4.62. The fourth-order valence-corrected chi connectivity index (χ4v) is 3.37. The molecule has 7 nitrogen and oxygen atoms in total. The van der Waals surface area contributed by atoms with Crippen LogP contribution in [0.5, 0.6) is 0 Å². The van der Waals surface area contributed by atoms with Crippen molar-refractivity contribution in [1.82, 2.24) is 29.4 Å². The normalized spacial score (nSPS) is 19.6. The highest BCUT2D eigenvalue weighted by molar-refractivity contribution is 5.80. The molecule has 0 spiro atoms. The first kappa shape index (κ1) is 14.7. The van der Waals surface area contributed by atoms with Crippen LogP contribution in [0.4, 0.5) is 0 Å². The first-order valence-corrected chi connectivity index (χ1v) is 7.65. The van der Waals surface area contributed by atoms with Gasteiger partial charge in [0.2, 0.25) is 5.91 Å². The van der Waals surface area contributed by atoms with E-state index in [1.807, 2.05) is 30.5 Å². The van der Waals surface area contributed by atoms with Crippen LogP contribution >= 0.6 is 0 Å². The van der Waals surface area contributed by atoms with Crippen LogP contribution < -0.4 is 0 Å². The SMILES string of the molecule is Cc1nn(C)c(C)c1[C@@H]1CCCN1C(=O)[C@H](C)n1cncn1. The van der Waals surface area contributed by atoms with Gasteiger partial charge in [0.05, 0.1) is 11.7 Å². The highest BCUT2D eigenvalue weighted by Crippen LogP contribution is 2.36. The van der Waals surface area contributed by atoms with Gasteiger partial charge in [-0.15, -0.1) is 0 Å². The summed E-state index contributed by atoms with van der Waals surface area (Å²) in [4.78, 5) is 18.8. The maximum absolute atomic E-state index is 12.9. The number of carbonyl (C=O) groups excluding carboxylic acids is 1. The standard InChI is InChI=1S/C15H22N6O/c1-10-14(11(2)19(4)18-10)13-6-5-7-20(13)15(22)12(3)21-9-16-8-17-21/h8-9,12-13H,5-7H2,1-4H3/t12-,13-/m0/s1. The van der Waals surface area contributed by atoms with Gasteiger partial charge in [-0.1, -0.05) is 0 Å². The number of nitrogens with zero attached hydrogens (tertiary/aromatic N) is 6. The van der Waals surface area contributed by atoms with Crippen LogP contribution in [0.1, 0.15) is 48.8 Å². The van der Waals surface area contributed by atoms with Crippen molar-refractivity contribution in [2.75, 3.05) is 6.54 Å². The molecule has 0 saturated carbocycles. The number of aryl methyl sites for hydroxylation is 2. The lowest BCUT2D eigenvalue weighted by Gasteiger charge is -2.28. The van der Waals surface area contributed by atoms with Crippen LogP contribution in [0.15, 0.2) is 12.7 Å². The average Bonchev–Trinajstić information content (AvgIpc) is 3.20. The van der Waals surface area contributed by atoms with E-state index >= 15 is 0 Å². The highest BCUT2D eigenvalue weighted by Gasteiger charge is 2.35. The molecule has 22 heavy (non-hydrogen) atoms. The van der Waals surface area contributed by atoms with Gasteiger partial charge < -0.3 is 4.90 Å². The molecular formula is C15H22N6O. The second-order valence-corrected chi connectivity index (χ2v) is 5.95. The maximum atomic E-state index is 12.9. The van der Waals surface area contributed by atoms with E-state index in [2.05, 4.69) is 22.1 Å². The van der Waals surface area contributed by atoms with Crippen LogP contribution in [0, 0.1) is 13.8 Å². The molecule has 1 aliphatic rings. The Morgan fingerprint density at radius 1 is 1.41 bits per heavy atom. The van der Waals surface area contributed by atoms with Crippen molar-refractivity contribution < 1.29 is 4.79 Å². The van der Waals surface area contributed by atoms with E-state index in [0.717, 1.165) is 30.8 Å². The largest absolute Gasteiger partial charge is 0.334 e. The molecule has 1 amide bonds. The average molecular weight is 302 g/mol. The van der Waals surface area contributed by atoms with E-state index in [0.29, 0.717) is 0 Å². The summed E-state index contributed by atoms with van der Waals surface area (Å²) in [6.07, 6.45) is 5.06. The number of hydrogen-bond donors (Lipinski definition) is 0. The summed E-state index contributed by atoms with van der Waals surface area (Å²) in [6, 6.07) is -0.215. The summed E-state index contributed by atoms with van der Waals surface area (Å²) < 4.78 is 3.51. The molecule has 1 aliphatic heterocycles. The molecule has 3 heterocycles. The lowest BCUT2D eigenvalue weighted by Crippen LogP contribution is -2.36. The first-order chi connectivity index (χ1) is 10.5. The Bertz CT molecular complexity index is 675. The number of carbonyl (C=O) groups is 1. The Morgan fingerprint density at radius 2 is 2.18 bits per heavy atom. The van der Waals surface area contributed by atoms with Gasteiger partial charge in [0.15, 0.2) is 0 Å². The van der Waals surface area contributed by atoms with Gasteiger partial charge >= 0.3 is 0 Å². The van der Waals surface area contributed by atoms with Crippen LogP contribution in [0.2, 0.25) is 0 Å². The van der Waals surface area contributed by atoms with E-state index in [1.54, 1.807) is 11.0 Å². The van der Waals surface area contributed by atoms with Crippen molar-refractivity contribution in [3.8, 4) is 0 Å². The van der Waals surface area contributed by atoms with E-state index < -0.39 is 0 Å². The monoisotopic (exact) mass is 302 g/mol. The van der Waals surface area contributed by atoms with Crippen molar-refractivity contribution in [3.05, 3.63) is 29.6 Å². The van der Waals surface area contributed by atoms with Gasteiger partial charge in [-0.3, -0.25) is 9.48 Å². The van der Waals surface area contributed by atoms with E-state index in [9.17, 15) is 4.79 Å². The minimum absolute atomic E-state index is 0.0932. The summed E-state index contributed by atoms with van der Waals surface area (Å²) in [7, 11) is 1.95. The Balaban J connectivity index is 1.88. The smallest absolute Gasteiger partial charge is 0.247 e. The number of likely N-dealkylation sites (tertiary alicyclic amines) is 1. The molecule has 3 rings (SSSR count). The molecule has 2 aromatic rings. The lowest BCUT2D eigenvalue weighted by atomic mass is 10.0. The molecule has 2 aromatic heterocycles. The molecular weight excluding hydrogens is 280 g/mol. The minimum atomic E-state index is -0.333. The fourth-order valence-electron chi connectivity index (χ4n) is 3.37. The van der Waals surface area contributed by atoms with Crippen LogP contribution in [-0.2, 0) is 11.8 Å². The Labute approximate surface area is 129 Å². The quantitative estimate of drug-likeness (QED) is 0.862. The van der Waals surface area contributed by atoms with Gasteiger partial charge in [-0.2, -0.15) is 10.2 Å². The van der Waals surface area contributed by atoms with Crippen LogP contribution in [-0.4, -0.2) is 41.9 Å². The number of hydrogen-bond acceptors (Lipinski definition) is 4. The Morgan fingerprint density at radius 3 is 2.77 bits per heavy atom. The molecule has 1 saturated heterocycles. The van der Waals surface area contributed by atoms with Crippen molar-refractivity contribution in [2.24, 2.45) is 7.05 Å². The second-order valence-electron chi connectivity index (χ2n) is 5.95. The Kier molecular flexibility index (Phi) is 3.72. The lowest BCUT2D eigenvalue weighted by molar-refractivity contribution is -0.135. The van der Waals surface area contributed by atoms with Crippen molar-refractivity contribution in [1.29, 1.82) is 0 Å². The molecule has 0 radical (unpaired) electrons. The molecule has 0 bridgehead atoms. The number of aromatic nitrogens is 5. The zero-order valence-electron chi connectivity index (χ0n) is 13.5. The van der Waals surface area contributed by atoms with E-state index in [-0.39, 0.29) is 18.0 Å². The first-order valence-electron chi connectivity index (χ1n) is 7.65. The summed E-state index contributed by atoms with van der Waals surface area (Å²) in [5.74, 6) is 0.0932. The minimum Gasteiger partial charge on any atom is -0.334 e. The van der Waals surface area contributed by atoms with E-state index in [1.165, 1.54) is 11.9 Å². The molecule has 0 aromatic carbocycles. The summed E-state index contributed by atoms with van der Waals surface area (Å²) in [5, 5.41) is 8.58. The molecule has 7 heteroatoms. The third kappa shape index (κ3) is 2.30. The predicted molar refractivity (Wildman–Crippen MR) is 81.1 cm³/mol. The van der Waals surface area contributed by atoms with Gasteiger partial charge in [0, 0.05) is 24.8 Å². The highest BCUT2D eigenvalue weighted by atomic mass is 16.2. The zero-order chi connectivity index (χ0) is 15.9. The van der Waals surface area contributed by atoms with Gasteiger partial charge in [0.1, 0.15) is 18.7 Å². The molecule has 0 aliphatic carbocycles. The summed E-state index contributed by atoms with van der Waals surface area (Å²) in [5.41, 5.74) is 3.34. The summed E-state index contributed by atoms with van der Waals surface area (Å²) >= 11 is 0. The van der Waals surface area contributed by atoms with Crippen molar-refractivity contribution in [3.63, 3.8) is 0 Å². The summed E-state index contributed by atoms with van der Waals surface area (Å²) in [6.45, 7) is 6.74. The van der Waals surface area contributed by atoms with Crippen molar-refractivity contribution in [2.45, 2.75) is 45.7 Å². The predicted octanol–water partition coefficient (Wildman–Crippen LogP) is 1.55. The third-order valence-electron chi connectivity index (χ3n) is 4.62. The zero-order valence-corrected chi connectivity index (χ0v) is 13.5. The topological polar surface area (TPSA) is 68.8 Å². The molecule has 1 fully saturated rings. The second kappa shape index (κ2) is 5.55. The van der Waals surface area contributed by atoms with Crippen molar-refractivity contribution >= 4 is 5.91 Å². The number of rotatable bonds is 3.